The van der Waals surface area contributed by atoms with Crippen molar-refractivity contribution in [3.8, 4) is 0 Å². The zero-order chi connectivity index (χ0) is 12.0. The van der Waals surface area contributed by atoms with Gasteiger partial charge in [-0.15, -0.1) is 0 Å². The first kappa shape index (κ1) is 10.6. The van der Waals surface area contributed by atoms with Crippen LogP contribution in [0.5, 0.6) is 0 Å². The van der Waals surface area contributed by atoms with E-state index in [1.807, 2.05) is 4.90 Å². The number of carbonyl (C=O) groups is 1. The molecule has 0 radical (unpaired) electrons. The number of rotatable bonds is 1. The van der Waals surface area contributed by atoms with Gasteiger partial charge in [0, 0.05) is 25.6 Å². The Morgan fingerprint density at radius 1 is 1.41 bits per heavy atom. The molecule has 2 aliphatic rings. The molecule has 0 bridgehead atoms. The standard InChI is InChI=1S/C10H11ClN4O2/c11-8-1-12-2-9(13-8)14-3-6-4-15(10(16)17)7(6)5-14/h1-2,6-7H,3-5H2,(H,16,17). The van der Waals surface area contributed by atoms with E-state index < -0.39 is 6.09 Å². The molecule has 0 aliphatic carbocycles. The SMILES string of the molecule is O=C(O)N1CC2CN(c3cncc(Cl)n3)CC21. The minimum atomic E-state index is -0.842. The Labute approximate surface area is 103 Å². The first-order valence-corrected chi connectivity index (χ1v) is 5.75. The summed E-state index contributed by atoms with van der Waals surface area (Å²) in [4.78, 5) is 22.6. The summed E-state index contributed by atoms with van der Waals surface area (Å²) in [5.74, 6) is 1.13. The van der Waals surface area contributed by atoms with Gasteiger partial charge in [-0.3, -0.25) is 4.98 Å². The molecule has 0 aromatic carbocycles. The van der Waals surface area contributed by atoms with Gasteiger partial charge in [0.25, 0.3) is 0 Å². The Kier molecular flexibility index (Phi) is 2.32. The van der Waals surface area contributed by atoms with Crippen molar-refractivity contribution in [1.29, 1.82) is 0 Å². The Morgan fingerprint density at radius 2 is 2.24 bits per heavy atom. The van der Waals surface area contributed by atoms with Gasteiger partial charge in [0.05, 0.1) is 18.4 Å². The number of halogens is 1. The molecule has 0 spiro atoms. The molecule has 1 amide bonds. The molecule has 3 heterocycles. The van der Waals surface area contributed by atoms with Crippen molar-refractivity contribution >= 4 is 23.5 Å². The molecular weight excluding hydrogens is 244 g/mol. The van der Waals surface area contributed by atoms with E-state index in [1.165, 1.54) is 11.1 Å². The van der Waals surface area contributed by atoms with Crippen molar-refractivity contribution in [3.63, 3.8) is 0 Å². The number of amides is 1. The van der Waals surface area contributed by atoms with Gasteiger partial charge in [0.1, 0.15) is 11.0 Å². The average Bonchev–Trinajstić information content (AvgIpc) is 2.56. The highest BCUT2D eigenvalue weighted by atomic mass is 35.5. The number of fused-ring (bicyclic) bond motifs is 1. The van der Waals surface area contributed by atoms with Gasteiger partial charge >= 0.3 is 6.09 Å². The van der Waals surface area contributed by atoms with E-state index >= 15 is 0 Å². The summed E-state index contributed by atoms with van der Waals surface area (Å²) >= 11 is 5.79. The summed E-state index contributed by atoms with van der Waals surface area (Å²) in [5, 5.41) is 9.30. The van der Waals surface area contributed by atoms with Gasteiger partial charge in [-0.05, 0) is 0 Å². The molecule has 0 saturated carbocycles. The Balaban J connectivity index is 1.75. The van der Waals surface area contributed by atoms with Crippen LogP contribution in [0.15, 0.2) is 12.4 Å². The molecule has 2 atom stereocenters. The molecule has 1 aromatic rings. The molecule has 7 heteroatoms. The van der Waals surface area contributed by atoms with Crippen LogP contribution in [-0.2, 0) is 0 Å². The Bertz CT molecular complexity index is 469. The Morgan fingerprint density at radius 3 is 2.94 bits per heavy atom. The van der Waals surface area contributed by atoms with Crippen LogP contribution in [0.25, 0.3) is 0 Å². The third-order valence-electron chi connectivity index (χ3n) is 3.40. The van der Waals surface area contributed by atoms with Gasteiger partial charge < -0.3 is 14.9 Å². The van der Waals surface area contributed by atoms with Crippen LogP contribution in [0, 0.1) is 5.92 Å². The van der Waals surface area contributed by atoms with Crippen molar-refractivity contribution in [3.05, 3.63) is 17.5 Å². The predicted octanol–water partition coefficient (Wildman–Crippen LogP) is 0.928. The second-order valence-electron chi connectivity index (χ2n) is 4.37. The molecule has 2 aliphatic heterocycles. The predicted molar refractivity (Wildman–Crippen MR) is 61.3 cm³/mol. The fourth-order valence-corrected chi connectivity index (χ4v) is 2.67. The molecule has 3 rings (SSSR count). The van der Waals surface area contributed by atoms with E-state index in [9.17, 15) is 4.79 Å². The molecule has 17 heavy (non-hydrogen) atoms. The maximum absolute atomic E-state index is 10.9. The average molecular weight is 255 g/mol. The van der Waals surface area contributed by atoms with Gasteiger partial charge in [-0.25, -0.2) is 9.78 Å². The largest absolute Gasteiger partial charge is 0.465 e. The number of hydrogen-bond donors (Lipinski definition) is 1. The highest BCUT2D eigenvalue weighted by Gasteiger charge is 2.48. The van der Waals surface area contributed by atoms with Crippen LogP contribution in [0.1, 0.15) is 0 Å². The maximum Gasteiger partial charge on any atom is 0.407 e. The lowest BCUT2D eigenvalue weighted by molar-refractivity contribution is 0.0507. The van der Waals surface area contributed by atoms with Crippen molar-refractivity contribution < 1.29 is 9.90 Å². The number of nitrogens with zero attached hydrogens (tertiary/aromatic N) is 4. The summed E-state index contributed by atoms with van der Waals surface area (Å²) in [6.45, 7) is 2.11. The van der Waals surface area contributed by atoms with Crippen LogP contribution in [0.4, 0.5) is 10.6 Å². The zero-order valence-electron chi connectivity index (χ0n) is 8.95. The van der Waals surface area contributed by atoms with Crippen LogP contribution in [-0.4, -0.2) is 51.7 Å². The summed E-state index contributed by atoms with van der Waals surface area (Å²) in [6, 6.07) is 0.0910. The highest BCUT2D eigenvalue weighted by Crippen LogP contribution is 2.34. The van der Waals surface area contributed by atoms with Gasteiger partial charge in [0.2, 0.25) is 0 Å². The summed E-state index contributed by atoms with van der Waals surface area (Å²) in [5.41, 5.74) is 0. The molecule has 6 nitrogen and oxygen atoms in total. The third kappa shape index (κ3) is 1.68. The molecule has 90 valence electrons. The number of aromatic nitrogens is 2. The second-order valence-corrected chi connectivity index (χ2v) is 4.75. The number of hydrogen-bond acceptors (Lipinski definition) is 4. The lowest BCUT2D eigenvalue weighted by atomic mass is 9.93. The molecule has 2 unspecified atom stereocenters. The van der Waals surface area contributed by atoms with Crippen LogP contribution in [0.3, 0.4) is 0 Å². The quantitative estimate of drug-likeness (QED) is 0.807. The first-order chi connectivity index (χ1) is 8.15. The van der Waals surface area contributed by atoms with Crippen LogP contribution < -0.4 is 4.90 Å². The minimum Gasteiger partial charge on any atom is -0.465 e. The molecule has 1 N–H and O–H groups in total. The summed E-state index contributed by atoms with van der Waals surface area (Å²) < 4.78 is 0. The maximum atomic E-state index is 10.9. The fourth-order valence-electron chi connectivity index (χ4n) is 2.53. The number of carboxylic acid groups (broad SMARTS) is 1. The second kappa shape index (κ2) is 3.73. The summed E-state index contributed by atoms with van der Waals surface area (Å²) in [6.07, 6.45) is 2.30. The van der Waals surface area contributed by atoms with Gasteiger partial charge in [0.15, 0.2) is 0 Å². The van der Waals surface area contributed by atoms with Crippen molar-refractivity contribution in [2.75, 3.05) is 24.5 Å². The molecule has 1 aromatic heterocycles. The van der Waals surface area contributed by atoms with Crippen LogP contribution in [0.2, 0.25) is 5.15 Å². The van der Waals surface area contributed by atoms with E-state index in [1.54, 1.807) is 6.20 Å². The van der Waals surface area contributed by atoms with E-state index in [0.29, 0.717) is 24.2 Å². The van der Waals surface area contributed by atoms with E-state index in [4.69, 9.17) is 16.7 Å². The van der Waals surface area contributed by atoms with Crippen molar-refractivity contribution in [2.45, 2.75) is 6.04 Å². The van der Waals surface area contributed by atoms with E-state index in [0.717, 1.165) is 12.4 Å². The molecule has 2 saturated heterocycles. The minimum absolute atomic E-state index is 0.0910. The van der Waals surface area contributed by atoms with Gasteiger partial charge in [-0.2, -0.15) is 0 Å². The lowest BCUT2D eigenvalue weighted by Gasteiger charge is -2.40. The van der Waals surface area contributed by atoms with Crippen molar-refractivity contribution in [2.24, 2.45) is 5.92 Å². The number of likely N-dealkylation sites (tertiary alicyclic amines) is 1. The van der Waals surface area contributed by atoms with Crippen molar-refractivity contribution in [1.82, 2.24) is 14.9 Å². The third-order valence-corrected chi connectivity index (χ3v) is 3.58. The normalized spacial score (nSPS) is 26.6. The summed E-state index contributed by atoms with van der Waals surface area (Å²) in [7, 11) is 0. The van der Waals surface area contributed by atoms with E-state index in [2.05, 4.69) is 9.97 Å². The lowest BCUT2D eigenvalue weighted by Crippen LogP contribution is -2.57. The zero-order valence-corrected chi connectivity index (χ0v) is 9.71. The smallest absolute Gasteiger partial charge is 0.407 e. The highest BCUT2D eigenvalue weighted by molar-refractivity contribution is 6.29. The number of anilines is 1. The molecular formula is C10H11ClN4O2. The topological polar surface area (TPSA) is 69.6 Å². The van der Waals surface area contributed by atoms with Gasteiger partial charge in [-0.1, -0.05) is 11.6 Å². The molecule has 2 fully saturated rings. The monoisotopic (exact) mass is 254 g/mol. The fraction of sp³-hybridized carbons (Fsp3) is 0.500. The van der Waals surface area contributed by atoms with E-state index in [-0.39, 0.29) is 6.04 Å². The first-order valence-electron chi connectivity index (χ1n) is 5.37. The van der Waals surface area contributed by atoms with Crippen LogP contribution >= 0.6 is 11.6 Å². The Hall–Kier alpha value is -1.56.